The highest BCUT2D eigenvalue weighted by Gasteiger charge is 2.20. The normalized spacial score (nSPS) is 18.9. The van der Waals surface area contributed by atoms with E-state index in [-0.39, 0.29) is 10.9 Å². The molecule has 1 atom stereocenters. The largest absolute Gasteiger partial charge is 0.379 e. The summed E-state index contributed by atoms with van der Waals surface area (Å²) in [6.45, 7) is 5.71. The molecule has 0 aromatic heterocycles. The number of benzene rings is 1. The number of morpholine rings is 1. The van der Waals surface area contributed by atoms with Crippen molar-refractivity contribution in [3.05, 3.63) is 28.7 Å². The quantitative estimate of drug-likeness (QED) is 0.860. The molecule has 1 saturated heterocycles. The van der Waals surface area contributed by atoms with Gasteiger partial charge in [0.2, 0.25) is 10.0 Å². The van der Waals surface area contributed by atoms with Crippen molar-refractivity contribution in [3.63, 3.8) is 0 Å². The summed E-state index contributed by atoms with van der Waals surface area (Å²) in [4.78, 5) is 2.49. The van der Waals surface area contributed by atoms with Gasteiger partial charge in [0.05, 0.1) is 18.1 Å². The Kier molecular flexibility index (Phi) is 5.57. The van der Waals surface area contributed by atoms with Gasteiger partial charge >= 0.3 is 0 Å². The summed E-state index contributed by atoms with van der Waals surface area (Å²) in [5.41, 5.74) is 0. The number of ether oxygens (including phenoxy) is 1. The maximum atomic E-state index is 12.2. The van der Waals surface area contributed by atoms with Crippen molar-refractivity contribution in [2.45, 2.75) is 17.9 Å². The molecule has 1 fully saturated rings. The zero-order chi connectivity index (χ0) is 14.6. The second-order valence-electron chi connectivity index (χ2n) is 4.89. The summed E-state index contributed by atoms with van der Waals surface area (Å²) >= 11 is 3.30. The van der Waals surface area contributed by atoms with Gasteiger partial charge in [0.25, 0.3) is 0 Å². The molecule has 20 heavy (non-hydrogen) atoms. The van der Waals surface area contributed by atoms with Gasteiger partial charge in [-0.2, -0.15) is 0 Å². The summed E-state index contributed by atoms with van der Waals surface area (Å²) in [5, 5.41) is 0. The molecular formula is C13H19BrN2O3S. The third kappa shape index (κ3) is 4.53. The Bertz CT molecular complexity index is 527. The first-order valence-electron chi connectivity index (χ1n) is 6.55. The molecular weight excluding hydrogens is 344 g/mol. The Morgan fingerprint density at radius 2 is 1.90 bits per heavy atom. The van der Waals surface area contributed by atoms with Crippen LogP contribution in [0.2, 0.25) is 0 Å². The molecule has 2 rings (SSSR count). The fraction of sp³-hybridized carbons (Fsp3) is 0.538. The fourth-order valence-corrected chi connectivity index (χ4v) is 3.65. The van der Waals surface area contributed by atoms with Crippen LogP contribution in [0.3, 0.4) is 0 Å². The molecule has 1 unspecified atom stereocenters. The Hall–Kier alpha value is -0.470. The summed E-state index contributed by atoms with van der Waals surface area (Å²) in [6, 6.07) is 6.49. The van der Waals surface area contributed by atoms with Crippen LogP contribution in [0.15, 0.2) is 33.6 Å². The Morgan fingerprint density at radius 1 is 1.30 bits per heavy atom. The van der Waals surface area contributed by atoms with Gasteiger partial charge in [-0.1, -0.05) is 15.9 Å². The van der Waals surface area contributed by atoms with Gasteiger partial charge in [0.1, 0.15) is 0 Å². The zero-order valence-electron chi connectivity index (χ0n) is 11.4. The zero-order valence-corrected chi connectivity index (χ0v) is 13.8. The van der Waals surface area contributed by atoms with Crippen LogP contribution >= 0.6 is 15.9 Å². The minimum Gasteiger partial charge on any atom is -0.379 e. The molecule has 1 heterocycles. The molecule has 1 N–H and O–H groups in total. The third-order valence-corrected chi connectivity index (χ3v) is 5.25. The lowest BCUT2D eigenvalue weighted by Crippen LogP contribution is -2.45. The van der Waals surface area contributed by atoms with Gasteiger partial charge < -0.3 is 4.74 Å². The SMILES string of the molecule is CC(CN1CCOCC1)NS(=O)(=O)c1ccc(Br)cc1. The number of hydrogen-bond acceptors (Lipinski definition) is 4. The second kappa shape index (κ2) is 7.00. The highest BCUT2D eigenvalue weighted by Crippen LogP contribution is 2.15. The summed E-state index contributed by atoms with van der Waals surface area (Å²) in [6.07, 6.45) is 0. The van der Waals surface area contributed by atoms with E-state index in [4.69, 9.17) is 4.74 Å². The van der Waals surface area contributed by atoms with Gasteiger partial charge in [0.15, 0.2) is 0 Å². The molecule has 1 aliphatic rings. The van der Waals surface area contributed by atoms with E-state index in [1.54, 1.807) is 24.3 Å². The molecule has 0 amide bonds. The Morgan fingerprint density at radius 3 is 2.50 bits per heavy atom. The topological polar surface area (TPSA) is 58.6 Å². The van der Waals surface area contributed by atoms with E-state index in [9.17, 15) is 8.42 Å². The highest BCUT2D eigenvalue weighted by molar-refractivity contribution is 9.10. The number of hydrogen-bond donors (Lipinski definition) is 1. The highest BCUT2D eigenvalue weighted by atomic mass is 79.9. The van der Waals surface area contributed by atoms with Crippen LogP contribution in [0.4, 0.5) is 0 Å². The number of halogens is 1. The molecule has 0 radical (unpaired) electrons. The first-order chi connectivity index (χ1) is 9.47. The smallest absolute Gasteiger partial charge is 0.240 e. The molecule has 112 valence electrons. The van der Waals surface area contributed by atoms with Crippen LogP contribution in [-0.4, -0.2) is 52.2 Å². The minimum atomic E-state index is -3.46. The van der Waals surface area contributed by atoms with E-state index >= 15 is 0 Å². The number of rotatable bonds is 5. The van der Waals surface area contributed by atoms with E-state index in [1.165, 1.54) is 0 Å². The average Bonchev–Trinajstić information content (AvgIpc) is 2.39. The summed E-state index contributed by atoms with van der Waals surface area (Å²) < 4.78 is 33.3. The van der Waals surface area contributed by atoms with Gasteiger partial charge in [-0.25, -0.2) is 13.1 Å². The van der Waals surface area contributed by atoms with Crippen LogP contribution in [-0.2, 0) is 14.8 Å². The van der Waals surface area contributed by atoms with Gasteiger partial charge in [-0.05, 0) is 31.2 Å². The molecule has 0 bridgehead atoms. The maximum absolute atomic E-state index is 12.2. The lowest BCUT2D eigenvalue weighted by Gasteiger charge is -2.29. The lowest BCUT2D eigenvalue weighted by atomic mass is 10.3. The van der Waals surface area contributed by atoms with Crippen LogP contribution < -0.4 is 4.72 Å². The van der Waals surface area contributed by atoms with Crippen molar-refractivity contribution >= 4 is 26.0 Å². The average molecular weight is 363 g/mol. The van der Waals surface area contributed by atoms with E-state index in [2.05, 4.69) is 25.6 Å². The Labute approximate surface area is 128 Å². The van der Waals surface area contributed by atoms with Gasteiger partial charge in [0, 0.05) is 30.1 Å². The number of sulfonamides is 1. The van der Waals surface area contributed by atoms with Crippen LogP contribution in [0.5, 0.6) is 0 Å². The van der Waals surface area contributed by atoms with Crippen molar-refractivity contribution in [3.8, 4) is 0 Å². The lowest BCUT2D eigenvalue weighted by molar-refractivity contribution is 0.0354. The molecule has 5 nitrogen and oxygen atoms in total. The van der Waals surface area contributed by atoms with E-state index in [0.29, 0.717) is 19.8 Å². The third-order valence-electron chi connectivity index (χ3n) is 3.12. The van der Waals surface area contributed by atoms with Gasteiger partial charge in [-0.3, -0.25) is 4.90 Å². The first-order valence-corrected chi connectivity index (χ1v) is 8.83. The number of nitrogens with zero attached hydrogens (tertiary/aromatic N) is 1. The summed E-state index contributed by atoms with van der Waals surface area (Å²) in [7, 11) is -3.46. The predicted molar refractivity (Wildman–Crippen MR) is 81.2 cm³/mol. The van der Waals surface area contributed by atoms with Crippen molar-refractivity contribution in [2.75, 3.05) is 32.8 Å². The predicted octanol–water partition coefficient (Wildman–Crippen LogP) is 1.45. The number of nitrogens with one attached hydrogen (secondary N) is 1. The molecule has 0 saturated carbocycles. The van der Waals surface area contributed by atoms with E-state index in [1.807, 2.05) is 6.92 Å². The molecule has 1 aliphatic heterocycles. The minimum absolute atomic E-state index is 0.137. The Balaban J connectivity index is 1.95. The van der Waals surface area contributed by atoms with E-state index in [0.717, 1.165) is 17.6 Å². The molecule has 7 heteroatoms. The molecule has 1 aromatic rings. The van der Waals surface area contributed by atoms with Crippen LogP contribution in [0, 0.1) is 0 Å². The van der Waals surface area contributed by atoms with Gasteiger partial charge in [-0.15, -0.1) is 0 Å². The van der Waals surface area contributed by atoms with Crippen molar-refractivity contribution in [1.82, 2.24) is 9.62 Å². The first kappa shape index (κ1) is 15.9. The molecule has 0 spiro atoms. The fourth-order valence-electron chi connectivity index (χ4n) is 2.15. The van der Waals surface area contributed by atoms with E-state index < -0.39 is 10.0 Å². The molecule has 1 aromatic carbocycles. The van der Waals surface area contributed by atoms with Crippen molar-refractivity contribution < 1.29 is 13.2 Å². The maximum Gasteiger partial charge on any atom is 0.240 e. The monoisotopic (exact) mass is 362 g/mol. The van der Waals surface area contributed by atoms with Crippen LogP contribution in [0.25, 0.3) is 0 Å². The van der Waals surface area contributed by atoms with Crippen molar-refractivity contribution in [2.24, 2.45) is 0 Å². The van der Waals surface area contributed by atoms with Crippen LogP contribution in [0.1, 0.15) is 6.92 Å². The summed E-state index contributed by atoms with van der Waals surface area (Å²) in [5.74, 6) is 0. The van der Waals surface area contributed by atoms with Crippen molar-refractivity contribution in [1.29, 1.82) is 0 Å². The second-order valence-corrected chi connectivity index (χ2v) is 7.52. The standard InChI is InChI=1S/C13H19BrN2O3S/c1-11(10-16-6-8-19-9-7-16)15-20(17,18)13-4-2-12(14)3-5-13/h2-5,11,15H,6-10H2,1H3. The molecule has 0 aliphatic carbocycles.